The Balaban J connectivity index is 2.39. The predicted octanol–water partition coefficient (Wildman–Crippen LogP) is 2.02. The number of hydrogen-bond acceptors (Lipinski definition) is 4. The Kier molecular flexibility index (Phi) is 3.46. The molecule has 4 N–H and O–H groups in total. The molecule has 100 valence electrons. The van der Waals surface area contributed by atoms with Gasteiger partial charge >= 0.3 is 0 Å². The van der Waals surface area contributed by atoms with Crippen molar-refractivity contribution in [3.63, 3.8) is 0 Å². The lowest BCUT2D eigenvalue weighted by atomic mass is 10.2. The van der Waals surface area contributed by atoms with Crippen molar-refractivity contribution in [2.45, 2.75) is 11.8 Å². The topological polar surface area (TPSA) is 95.4 Å². The molecule has 0 heterocycles. The van der Waals surface area contributed by atoms with Gasteiger partial charge in [0.15, 0.2) is 5.75 Å². The number of aryl methyl sites for hydroxylation is 1. The Morgan fingerprint density at radius 3 is 2.26 bits per heavy atom. The Bertz CT molecular complexity index is 694. The van der Waals surface area contributed by atoms with Crippen LogP contribution in [0.3, 0.4) is 0 Å². The molecule has 0 unspecified atom stereocenters. The Morgan fingerprint density at radius 1 is 1.05 bits per heavy atom. The van der Waals surface area contributed by atoms with Gasteiger partial charge in [-0.05, 0) is 31.2 Å². The molecule has 0 aromatic heterocycles. The normalized spacial score (nSPS) is 11.3. The van der Waals surface area contributed by atoms with Crippen LogP contribution in [0.4, 0.5) is 5.69 Å². The Hall–Kier alpha value is -2.05. The molecule has 5 nitrogen and oxygen atoms in total. The van der Waals surface area contributed by atoms with Crippen LogP contribution in [-0.4, -0.2) is 8.42 Å². The van der Waals surface area contributed by atoms with Crippen molar-refractivity contribution < 1.29 is 13.2 Å². The summed E-state index contributed by atoms with van der Waals surface area (Å²) in [4.78, 5) is -0.142. The number of ether oxygens (including phenoxy) is 1. The smallest absolute Gasteiger partial charge is 0.240 e. The zero-order chi connectivity index (χ0) is 14.0. The fourth-order valence-corrected chi connectivity index (χ4v) is 2.27. The lowest BCUT2D eigenvalue weighted by molar-refractivity contribution is 0.483. The molecule has 0 aliphatic carbocycles. The Morgan fingerprint density at radius 2 is 1.68 bits per heavy atom. The highest BCUT2D eigenvalue weighted by Crippen LogP contribution is 2.31. The summed E-state index contributed by atoms with van der Waals surface area (Å²) < 4.78 is 28.2. The van der Waals surface area contributed by atoms with E-state index in [0.717, 1.165) is 5.56 Å². The van der Waals surface area contributed by atoms with Gasteiger partial charge in [0.2, 0.25) is 10.0 Å². The second-order valence-corrected chi connectivity index (χ2v) is 5.66. The third-order valence-electron chi connectivity index (χ3n) is 2.58. The number of hydrogen-bond donors (Lipinski definition) is 2. The maximum Gasteiger partial charge on any atom is 0.240 e. The van der Waals surface area contributed by atoms with Gasteiger partial charge in [-0.25, -0.2) is 13.6 Å². The summed E-state index contributed by atoms with van der Waals surface area (Å²) in [5.74, 6) is 0.833. The van der Waals surface area contributed by atoms with Crippen LogP contribution in [0.2, 0.25) is 0 Å². The zero-order valence-corrected chi connectivity index (χ0v) is 11.1. The van der Waals surface area contributed by atoms with Gasteiger partial charge in [0.05, 0.1) is 5.69 Å². The van der Waals surface area contributed by atoms with Crippen LogP contribution in [-0.2, 0) is 10.0 Å². The molecule has 0 radical (unpaired) electrons. The molecule has 0 fully saturated rings. The molecule has 6 heteroatoms. The minimum Gasteiger partial charge on any atom is -0.455 e. The third-order valence-corrected chi connectivity index (χ3v) is 3.55. The minimum absolute atomic E-state index is 0.00516. The highest BCUT2D eigenvalue weighted by Gasteiger charge is 2.15. The molecule has 0 aliphatic heterocycles. The highest BCUT2D eigenvalue weighted by molar-refractivity contribution is 7.89. The lowest BCUT2D eigenvalue weighted by Gasteiger charge is -2.11. The molecule has 19 heavy (non-hydrogen) atoms. The van der Waals surface area contributed by atoms with Gasteiger partial charge in [0.25, 0.3) is 0 Å². The summed E-state index contributed by atoms with van der Waals surface area (Å²) in [5, 5.41) is 5.08. The maximum absolute atomic E-state index is 11.3. The molecule has 0 atom stereocenters. The number of anilines is 1. The number of nitrogen functional groups attached to an aromatic ring is 1. The van der Waals surface area contributed by atoms with Gasteiger partial charge in [0.1, 0.15) is 10.6 Å². The number of benzene rings is 2. The molecule has 0 bridgehead atoms. The van der Waals surface area contributed by atoms with E-state index in [1.54, 1.807) is 18.2 Å². The van der Waals surface area contributed by atoms with Crippen LogP contribution >= 0.6 is 0 Å². The van der Waals surface area contributed by atoms with Crippen molar-refractivity contribution in [2.75, 3.05) is 5.73 Å². The van der Waals surface area contributed by atoms with Crippen molar-refractivity contribution in [1.29, 1.82) is 0 Å². The average Bonchev–Trinajstić information content (AvgIpc) is 2.33. The quantitative estimate of drug-likeness (QED) is 0.839. The van der Waals surface area contributed by atoms with Crippen molar-refractivity contribution in [3.05, 3.63) is 48.0 Å². The van der Waals surface area contributed by atoms with Gasteiger partial charge in [-0.3, -0.25) is 0 Å². The SMILES string of the molecule is Cc1ccc(Oc2cccc(S(N)(=O)=O)c2N)cc1. The molecule has 0 aliphatic rings. The van der Waals surface area contributed by atoms with E-state index >= 15 is 0 Å². The van der Waals surface area contributed by atoms with Crippen molar-refractivity contribution >= 4 is 15.7 Å². The van der Waals surface area contributed by atoms with Crippen LogP contribution in [0.25, 0.3) is 0 Å². The molecule has 2 aromatic carbocycles. The molecule has 2 rings (SSSR count). The lowest BCUT2D eigenvalue weighted by Crippen LogP contribution is -2.14. The van der Waals surface area contributed by atoms with Gasteiger partial charge in [0, 0.05) is 0 Å². The summed E-state index contributed by atoms with van der Waals surface area (Å²) in [6, 6.07) is 11.8. The van der Waals surface area contributed by atoms with Gasteiger partial charge < -0.3 is 10.5 Å². The summed E-state index contributed by atoms with van der Waals surface area (Å²) in [6.45, 7) is 1.96. The summed E-state index contributed by atoms with van der Waals surface area (Å²) in [7, 11) is -3.86. The first-order valence-corrected chi connectivity index (χ1v) is 7.08. The van der Waals surface area contributed by atoms with Crippen molar-refractivity contribution in [1.82, 2.24) is 0 Å². The molecule has 0 amide bonds. The van der Waals surface area contributed by atoms with Crippen LogP contribution in [0.5, 0.6) is 11.5 Å². The number of nitrogens with two attached hydrogens (primary N) is 2. The van der Waals surface area contributed by atoms with E-state index in [-0.39, 0.29) is 16.3 Å². The molecular weight excluding hydrogens is 264 g/mol. The second-order valence-electron chi connectivity index (χ2n) is 4.13. The average molecular weight is 278 g/mol. The number of para-hydroxylation sites is 1. The van der Waals surface area contributed by atoms with Crippen molar-refractivity contribution in [2.24, 2.45) is 5.14 Å². The number of primary sulfonamides is 1. The van der Waals surface area contributed by atoms with Gasteiger partial charge in [-0.1, -0.05) is 23.8 Å². The van der Waals surface area contributed by atoms with E-state index in [0.29, 0.717) is 5.75 Å². The van der Waals surface area contributed by atoms with Gasteiger partial charge in [-0.15, -0.1) is 0 Å². The number of rotatable bonds is 3. The van der Waals surface area contributed by atoms with Gasteiger partial charge in [-0.2, -0.15) is 0 Å². The van der Waals surface area contributed by atoms with Crippen LogP contribution < -0.4 is 15.6 Å². The highest BCUT2D eigenvalue weighted by atomic mass is 32.2. The minimum atomic E-state index is -3.86. The Labute approximate surface area is 111 Å². The fourth-order valence-electron chi connectivity index (χ4n) is 1.59. The first-order valence-electron chi connectivity index (χ1n) is 5.54. The number of sulfonamides is 1. The van der Waals surface area contributed by atoms with E-state index in [1.807, 2.05) is 19.1 Å². The van der Waals surface area contributed by atoms with Crippen molar-refractivity contribution in [3.8, 4) is 11.5 Å². The summed E-state index contributed by atoms with van der Waals surface area (Å²) in [6.07, 6.45) is 0. The second kappa shape index (κ2) is 4.91. The molecule has 0 saturated heterocycles. The summed E-state index contributed by atoms with van der Waals surface area (Å²) in [5.41, 5.74) is 6.86. The first-order chi connectivity index (χ1) is 8.88. The van der Waals surface area contributed by atoms with Crippen LogP contribution in [0.1, 0.15) is 5.56 Å². The van der Waals surface area contributed by atoms with E-state index in [2.05, 4.69) is 0 Å². The molecule has 0 saturated carbocycles. The first kappa shape index (κ1) is 13.4. The summed E-state index contributed by atoms with van der Waals surface area (Å²) >= 11 is 0. The standard InChI is InChI=1S/C13H14N2O3S/c1-9-5-7-10(8-6-9)18-11-3-2-4-12(13(11)14)19(15,16)17/h2-8H,14H2,1H3,(H2,15,16,17). The largest absolute Gasteiger partial charge is 0.455 e. The molecule has 2 aromatic rings. The van der Waals surface area contributed by atoms with Crippen LogP contribution in [0, 0.1) is 6.92 Å². The van der Waals surface area contributed by atoms with E-state index < -0.39 is 10.0 Å². The monoisotopic (exact) mass is 278 g/mol. The van der Waals surface area contributed by atoms with E-state index in [9.17, 15) is 8.42 Å². The van der Waals surface area contributed by atoms with E-state index in [1.165, 1.54) is 12.1 Å². The maximum atomic E-state index is 11.3. The van der Waals surface area contributed by atoms with Crippen LogP contribution in [0.15, 0.2) is 47.4 Å². The molecule has 0 spiro atoms. The predicted molar refractivity (Wildman–Crippen MR) is 73.5 cm³/mol. The zero-order valence-electron chi connectivity index (χ0n) is 10.3. The third kappa shape index (κ3) is 3.04. The molecular formula is C13H14N2O3S. The van der Waals surface area contributed by atoms with E-state index in [4.69, 9.17) is 15.6 Å². The fraction of sp³-hybridized carbons (Fsp3) is 0.0769.